The van der Waals surface area contributed by atoms with Gasteiger partial charge in [0.25, 0.3) is 11.8 Å². The van der Waals surface area contributed by atoms with Crippen LogP contribution >= 0.6 is 11.6 Å². The van der Waals surface area contributed by atoms with Crippen LogP contribution in [0, 0.1) is 0 Å². The summed E-state index contributed by atoms with van der Waals surface area (Å²) in [7, 11) is 4.43. The highest BCUT2D eigenvalue weighted by atomic mass is 35.5. The van der Waals surface area contributed by atoms with Gasteiger partial charge >= 0.3 is 0 Å². The second kappa shape index (κ2) is 11.2. The Hall–Kier alpha value is -4.04. The summed E-state index contributed by atoms with van der Waals surface area (Å²) in [5.74, 6) is 0.386. The third-order valence-electron chi connectivity index (χ3n) is 4.90. The van der Waals surface area contributed by atoms with Crippen molar-refractivity contribution in [3.8, 4) is 17.2 Å². The molecule has 0 saturated carbocycles. The molecule has 0 heterocycles. The Morgan fingerprint density at radius 3 is 2.03 bits per heavy atom. The average Bonchev–Trinajstić information content (AvgIpc) is 2.86. The molecule has 176 valence electrons. The number of benzene rings is 3. The standard InChI is InChI=1S/C25H24ClN3O5/c1-15(28-29-25(31)18-13-21(32-2)23(34-4)22(14-18)33-3)17-6-5-7-20(12-17)27-24(30)16-8-10-19(26)11-9-16/h5-14H,1-4H3,(H,27,30)(H,29,31)/b28-15-. The fourth-order valence-electron chi connectivity index (χ4n) is 3.10. The zero-order valence-electron chi connectivity index (χ0n) is 19.1. The van der Waals surface area contributed by atoms with Gasteiger partial charge in [0.15, 0.2) is 11.5 Å². The van der Waals surface area contributed by atoms with Crippen LogP contribution in [0.15, 0.2) is 65.8 Å². The third-order valence-corrected chi connectivity index (χ3v) is 5.15. The van der Waals surface area contributed by atoms with Gasteiger partial charge in [0.05, 0.1) is 27.0 Å². The quantitative estimate of drug-likeness (QED) is 0.356. The van der Waals surface area contributed by atoms with Crippen molar-refractivity contribution in [3.63, 3.8) is 0 Å². The first-order valence-corrected chi connectivity index (χ1v) is 10.6. The Labute approximate surface area is 202 Å². The number of hydrogen-bond donors (Lipinski definition) is 2. The molecule has 3 aromatic rings. The van der Waals surface area contributed by atoms with E-state index in [0.717, 1.165) is 5.56 Å². The van der Waals surface area contributed by atoms with Crippen molar-refractivity contribution >= 4 is 34.8 Å². The maximum absolute atomic E-state index is 12.7. The van der Waals surface area contributed by atoms with Gasteiger partial charge in [-0.15, -0.1) is 0 Å². The van der Waals surface area contributed by atoms with Gasteiger partial charge in [-0.3, -0.25) is 9.59 Å². The summed E-state index contributed by atoms with van der Waals surface area (Å²) >= 11 is 5.87. The van der Waals surface area contributed by atoms with Crippen molar-refractivity contribution in [2.24, 2.45) is 5.10 Å². The Morgan fingerprint density at radius 2 is 1.44 bits per heavy atom. The number of methoxy groups -OCH3 is 3. The molecule has 0 fully saturated rings. The van der Waals surface area contributed by atoms with Gasteiger partial charge in [0.2, 0.25) is 5.75 Å². The van der Waals surface area contributed by atoms with Crippen LogP contribution in [0.3, 0.4) is 0 Å². The summed E-state index contributed by atoms with van der Waals surface area (Å²) in [5, 5.41) is 7.58. The number of nitrogens with one attached hydrogen (secondary N) is 2. The predicted octanol–water partition coefficient (Wildman–Crippen LogP) is 4.77. The van der Waals surface area contributed by atoms with Crippen molar-refractivity contribution in [2.75, 3.05) is 26.6 Å². The molecule has 0 aliphatic rings. The van der Waals surface area contributed by atoms with Gasteiger partial charge in [-0.05, 0) is 61.0 Å². The summed E-state index contributed by atoms with van der Waals surface area (Å²) in [5.41, 5.74) is 5.15. The molecule has 0 atom stereocenters. The lowest BCUT2D eigenvalue weighted by Gasteiger charge is -2.13. The van der Waals surface area contributed by atoms with Crippen LogP contribution in [0.5, 0.6) is 17.2 Å². The maximum atomic E-state index is 12.7. The van der Waals surface area contributed by atoms with Gasteiger partial charge in [0.1, 0.15) is 0 Å². The average molecular weight is 482 g/mol. The van der Waals surface area contributed by atoms with Crippen molar-refractivity contribution in [1.29, 1.82) is 0 Å². The first kappa shape index (κ1) is 24.6. The van der Waals surface area contributed by atoms with Crippen molar-refractivity contribution in [3.05, 3.63) is 82.4 Å². The second-order valence-electron chi connectivity index (χ2n) is 7.09. The van der Waals surface area contributed by atoms with Gasteiger partial charge in [-0.2, -0.15) is 5.10 Å². The summed E-state index contributed by atoms with van der Waals surface area (Å²) < 4.78 is 15.8. The maximum Gasteiger partial charge on any atom is 0.271 e. The molecular formula is C25H24ClN3O5. The number of halogens is 1. The minimum Gasteiger partial charge on any atom is -0.493 e. The van der Waals surface area contributed by atoms with E-state index >= 15 is 0 Å². The molecule has 3 aromatic carbocycles. The van der Waals surface area contributed by atoms with E-state index in [1.54, 1.807) is 49.4 Å². The van der Waals surface area contributed by atoms with Crippen molar-refractivity contribution in [1.82, 2.24) is 5.43 Å². The highest BCUT2D eigenvalue weighted by Gasteiger charge is 2.17. The highest BCUT2D eigenvalue weighted by Crippen LogP contribution is 2.38. The molecule has 8 nitrogen and oxygen atoms in total. The van der Waals surface area contributed by atoms with Gasteiger partial charge in [-0.1, -0.05) is 23.7 Å². The molecule has 9 heteroatoms. The normalized spacial score (nSPS) is 10.9. The van der Waals surface area contributed by atoms with E-state index in [1.807, 2.05) is 6.07 Å². The van der Waals surface area contributed by atoms with Gasteiger partial charge in [0, 0.05) is 21.8 Å². The van der Waals surface area contributed by atoms with E-state index in [9.17, 15) is 9.59 Å². The Kier molecular flexibility index (Phi) is 8.10. The smallest absolute Gasteiger partial charge is 0.271 e. The molecule has 0 aliphatic carbocycles. The van der Waals surface area contributed by atoms with Crippen LogP contribution in [-0.4, -0.2) is 38.9 Å². The zero-order chi connectivity index (χ0) is 24.7. The minimum atomic E-state index is -0.453. The van der Waals surface area contributed by atoms with E-state index in [-0.39, 0.29) is 11.5 Å². The molecule has 0 aromatic heterocycles. The van der Waals surface area contributed by atoms with Crippen LogP contribution < -0.4 is 25.0 Å². The summed E-state index contributed by atoms with van der Waals surface area (Å²) in [4.78, 5) is 25.1. The summed E-state index contributed by atoms with van der Waals surface area (Å²) in [6, 6.07) is 16.8. The van der Waals surface area contributed by atoms with Crippen LogP contribution in [0.25, 0.3) is 0 Å². The van der Waals surface area contributed by atoms with E-state index in [4.69, 9.17) is 25.8 Å². The molecule has 2 N–H and O–H groups in total. The molecule has 0 saturated heterocycles. The Balaban J connectivity index is 1.74. The molecule has 0 unspecified atom stereocenters. The molecule has 0 bridgehead atoms. The number of carbonyl (C=O) groups excluding carboxylic acids is 2. The van der Waals surface area contributed by atoms with Crippen LogP contribution in [0.1, 0.15) is 33.2 Å². The number of nitrogens with zero attached hydrogens (tertiary/aromatic N) is 1. The second-order valence-corrected chi connectivity index (χ2v) is 7.53. The first-order valence-electron chi connectivity index (χ1n) is 10.2. The number of rotatable bonds is 8. The van der Waals surface area contributed by atoms with Crippen molar-refractivity contribution in [2.45, 2.75) is 6.92 Å². The van der Waals surface area contributed by atoms with Crippen LogP contribution in [-0.2, 0) is 0 Å². The van der Waals surface area contributed by atoms with E-state index in [0.29, 0.717) is 39.2 Å². The molecule has 0 spiro atoms. The van der Waals surface area contributed by atoms with E-state index in [2.05, 4.69) is 15.8 Å². The molecule has 0 radical (unpaired) electrons. The monoisotopic (exact) mass is 481 g/mol. The van der Waals surface area contributed by atoms with Gasteiger partial charge < -0.3 is 19.5 Å². The molecular weight excluding hydrogens is 458 g/mol. The Morgan fingerprint density at radius 1 is 0.794 bits per heavy atom. The van der Waals surface area contributed by atoms with Gasteiger partial charge in [-0.25, -0.2) is 5.43 Å². The number of ether oxygens (including phenoxy) is 3. The summed E-state index contributed by atoms with van der Waals surface area (Å²) in [6.45, 7) is 1.75. The molecule has 3 rings (SSSR count). The number of hydrazone groups is 1. The summed E-state index contributed by atoms with van der Waals surface area (Å²) in [6.07, 6.45) is 0. The highest BCUT2D eigenvalue weighted by molar-refractivity contribution is 6.30. The van der Waals surface area contributed by atoms with E-state index < -0.39 is 5.91 Å². The first-order chi connectivity index (χ1) is 16.4. The SMILES string of the molecule is COc1cc(C(=O)N/N=C(/C)c2cccc(NC(=O)c3ccc(Cl)cc3)c2)cc(OC)c1OC. The van der Waals surface area contributed by atoms with Crippen molar-refractivity contribution < 1.29 is 23.8 Å². The predicted molar refractivity (Wildman–Crippen MR) is 132 cm³/mol. The molecule has 0 aliphatic heterocycles. The topological polar surface area (TPSA) is 98.2 Å². The number of anilines is 1. The fraction of sp³-hybridized carbons (Fsp3) is 0.160. The lowest BCUT2D eigenvalue weighted by molar-refractivity contribution is 0.0953. The largest absolute Gasteiger partial charge is 0.493 e. The zero-order valence-corrected chi connectivity index (χ0v) is 19.9. The lowest BCUT2D eigenvalue weighted by Crippen LogP contribution is -2.19. The Bertz CT molecular complexity index is 1200. The number of carbonyl (C=O) groups is 2. The van der Waals surface area contributed by atoms with E-state index in [1.165, 1.54) is 33.5 Å². The minimum absolute atomic E-state index is 0.265. The number of hydrogen-bond acceptors (Lipinski definition) is 6. The molecule has 2 amide bonds. The number of amides is 2. The van der Waals surface area contributed by atoms with Crippen LogP contribution in [0.4, 0.5) is 5.69 Å². The fourth-order valence-corrected chi connectivity index (χ4v) is 3.23. The van der Waals surface area contributed by atoms with Crippen LogP contribution in [0.2, 0.25) is 5.02 Å². The third kappa shape index (κ3) is 5.85. The lowest BCUT2D eigenvalue weighted by atomic mass is 10.1. The molecule has 34 heavy (non-hydrogen) atoms.